The van der Waals surface area contributed by atoms with E-state index in [2.05, 4.69) is 5.32 Å². The van der Waals surface area contributed by atoms with Gasteiger partial charge in [-0.3, -0.25) is 9.59 Å². The van der Waals surface area contributed by atoms with Gasteiger partial charge in [0.05, 0.1) is 6.26 Å². The van der Waals surface area contributed by atoms with Crippen LogP contribution in [0.3, 0.4) is 0 Å². The van der Waals surface area contributed by atoms with E-state index in [9.17, 15) is 9.59 Å². The van der Waals surface area contributed by atoms with E-state index in [1.54, 1.807) is 41.3 Å². The third-order valence-corrected chi connectivity index (χ3v) is 4.79. The van der Waals surface area contributed by atoms with Crippen LogP contribution >= 0.6 is 11.6 Å². The van der Waals surface area contributed by atoms with Crippen LogP contribution in [0.2, 0.25) is 5.02 Å². The highest BCUT2D eigenvalue weighted by atomic mass is 35.5. The third-order valence-electron chi connectivity index (χ3n) is 4.55. The Morgan fingerprint density at radius 1 is 1.12 bits per heavy atom. The highest BCUT2D eigenvalue weighted by molar-refractivity contribution is 6.31. The lowest BCUT2D eigenvalue weighted by Gasteiger charge is -2.31. The van der Waals surface area contributed by atoms with Crippen LogP contribution in [0.4, 0.5) is 0 Å². The maximum absolute atomic E-state index is 12.4. The third kappa shape index (κ3) is 3.32. The molecule has 0 saturated carbocycles. The molecule has 1 aliphatic rings. The molecule has 0 atom stereocenters. The molecule has 2 aromatic heterocycles. The summed E-state index contributed by atoms with van der Waals surface area (Å²) < 4.78 is 10.7. The van der Waals surface area contributed by atoms with Crippen LogP contribution in [0.1, 0.15) is 34.0 Å². The minimum absolute atomic E-state index is 0.0000452. The fourth-order valence-electron chi connectivity index (χ4n) is 3.17. The number of rotatable bonds is 3. The van der Waals surface area contributed by atoms with E-state index >= 15 is 0 Å². The topological polar surface area (TPSA) is 75.7 Å². The lowest BCUT2D eigenvalue weighted by atomic mass is 10.0. The van der Waals surface area contributed by atoms with Gasteiger partial charge in [-0.1, -0.05) is 11.6 Å². The van der Waals surface area contributed by atoms with E-state index in [4.69, 9.17) is 20.4 Å². The minimum atomic E-state index is -0.256. The number of nitrogens with one attached hydrogen (secondary N) is 1. The van der Waals surface area contributed by atoms with Crippen molar-refractivity contribution in [3.05, 3.63) is 59.2 Å². The van der Waals surface area contributed by atoms with E-state index < -0.39 is 0 Å². The molecule has 0 bridgehead atoms. The van der Waals surface area contributed by atoms with Crippen LogP contribution in [-0.4, -0.2) is 35.8 Å². The van der Waals surface area contributed by atoms with Crippen LogP contribution in [0.5, 0.6) is 0 Å². The first-order chi connectivity index (χ1) is 12.6. The van der Waals surface area contributed by atoms with Crippen LogP contribution in [0.15, 0.2) is 51.5 Å². The summed E-state index contributed by atoms with van der Waals surface area (Å²) in [5.74, 6) is 0.229. The number of fused-ring (bicyclic) bond motifs is 1. The summed E-state index contributed by atoms with van der Waals surface area (Å²) in [6, 6.07) is 10.3. The Hall–Kier alpha value is -2.73. The number of amides is 2. The van der Waals surface area contributed by atoms with Gasteiger partial charge in [0.2, 0.25) is 0 Å². The molecule has 3 heterocycles. The van der Waals surface area contributed by atoms with Gasteiger partial charge in [0.15, 0.2) is 11.5 Å². The highest BCUT2D eigenvalue weighted by Gasteiger charge is 2.26. The number of carbonyl (C=O) groups excluding carboxylic acids is 2. The molecule has 4 rings (SSSR count). The number of benzene rings is 1. The van der Waals surface area contributed by atoms with Crippen molar-refractivity contribution in [2.24, 2.45) is 0 Å². The summed E-state index contributed by atoms with van der Waals surface area (Å²) in [6.45, 7) is 1.14. The van der Waals surface area contributed by atoms with Crippen molar-refractivity contribution in [1.29, 1.82) is 0 Å². The molecule has 1 aliphatic heterocycles. The van der Waals surface area contributed by atoms with Gasteiger partial charge < -0.3 is 19.1 Å². The normalized spacial score (nSPS) is 15.3. The molecule has 26 heavy (non-hydrogen) atoms. The predicted octanol–water partition coefficient (Wildman–Crippen LogP) is 3.71. The van der Waals surface area contributed by atoms with E-state index in [0.29, 0.717) is 42.3 Å². The molecule has 7 heteroatoms. The number of hydrogen-bond donors (Lipinski definition) is 1. The van der Waals surface area contributed by atoms with Gasteiger partial charge in [-0.15, -0.1) is 0 Å². The van der Waals surface area contributed by atoms with E-state index in [1.165, 1.54) is 6.26 Å². The maximum atomic E-state index is 12.4. The molecule has 1 fully saturated rings. The standard InChI is InChI=1S/C19H17ClN2O4/c20-13-3-4-15-12(10-13)11-17(26-15)18(23)21-14-5-7-22(8-6-14)19(24)16-2-1-9-25-16/h1-4,9-11,14H,5-8H2,(H,21,23). The Morgan fingerprint density at radius 3 is 2.65 bits per heavy atom. The quantitative estimate of drug-likeness (QED) is 0.760. The summed E-state index contributed by atoms with van der Waals surface area (Å²) in [7, 11) is 0. The molecule has 2 amide bonds. The second kappa shape index (κ2) is 6.88. The smallest absolute Gasteiger partial charge is 0.289 e. The van der Waals surface area contributed by atoms with Gasteiger partial charge in [0, 0.05) is 29.5 Å². The molecule has 0 aliphatic carbocycles. The van der Waals surface area contributed by atoms with Gasteiger partial charge in [-0.25, -0.2) is 0 Å². The monoisotopic (exact) mass is 372 g/mol. The summed E-state index contributed by atoms with van der Waals surface area (Å²) in [6.07, 6.45) is 2.86. The van der Waals surface area contributed by atoms with Crippen LogP contribution < -0.4 is 5.32 Å². The first-order valence-electron chi connectivity index (χ1n) is 8.43. The molecule has 6 nitrogen and oxygen atoms in total. The van der Waals surface area contributed by atoms with Crippen molar-refractivity contribution in [1.82, 2.24) is 10.2 Å². The van der Waals surface area contributed by atoms with Crippen molar-refractivity contribution >= 4 is 34.4 Å². The van der Waals surface area contributed by atoms with Crippen LogP contribution in [0, 0.1) is 0 Å². The predicted molar refractivity (Wildman–Crippen MR) is 96.3 cm³/mol. The number of halogens is 1. The fraction of sp³-hybridized carbons (Fsp3) is 0.263. The zero-order valence-corrected chi connectivity index (χ0v) is 14.7. The molecule has 0 unspecified atom stereocenters. The Kier molecular flexibility index (Phi) is 4.42. The van der Waals surface area contributed by atoms with Gasteiger partial charge in [-0.05, 0) is 49.2 Å². The lowest BCUT2D eigenvalue weighted by Crippen LogP contribution is -2.46. The number of piperidine rings is 1. The zero-order valence-electron chi connectivity index (χ0n) is 13.9. The Morgan fingerprint density at radius 2 is 1.92 bits per heavy atom. The van der Waals surface area contributed by atoms with Gasteiger partial charge in [0.25, 0.3) is 11.8 Å². The molecule has 0 radical (unpaired) electrons. The lowest BCUT2D eigenvalue weighted by molar-refractivity contribution is 0.0665. The number of carbonyl (C=O) groups is 2. The van der Waals surface area contributed by atoms with Gasteiger partial charge in [0.1, 0.15) is 5.58 Å². The SMILES string of the molecule is O=C(NC1CCN(C(=O)c2ccco2)CC1)c1cc2cc(Cl)ccc2o1. The first kappa shape index (κ1) is 16.7. The van der Waals surface area contributed by atoms with Crippen molar-refractivity contribution in [3.8, 4) is 0 Å². The number of hydrogen-bond acceptors (Lipinski definition) is 4. The molecule has 1 N–H and O–H groups in total. The summed E-state index contributed by atoms with van der Waals surface area (Å²) in [5, 5.41) is 4.37. The number of furan rings is 2. The van der Waals surface area contributed by atoms with Crippen molar-refractivity contribution in [2.75, 3.05) is 13.1 Å². The Balaban J connectivity index is 1.36. The zero-order chi connectivity index (χ0) is 18.1. The second-order valence-electron chi connectivity index (χ2n) is 6.31. The van der Waals surface area contributed by atoms with Crippen molar-refractivity contribution < 1.29 is 18.4 Å². The Labute approximate surface area is 154 Å². The van der Waals surface area contributed by atoms with Gasteiger partial charge >= 0.3 is 0 Å². The average molecular weight is 373 g/mol. The number of nitrogens with zero attached hydrogens (tertiary/aromatic N) is 1. The largest absolute Gasteiger partial charge is 0.459 e. The van der Waals surface area contributed by atoms with Crippen molar-refractivity contribution in [3.63, 3.8) is 0 Å². The summed E-state index contributed by atoms with van der Waals surface area (Å²) in [4.78, 5) is 26.4. The highest BCUT2D eigenvalue weighted by Crippen LogP contribution is 2.23. The minimum Gasteiger partial charge on any atom is -0.459 e. The van der Waals surface area contributed by atoms with E-state index in [-0.39, 0.29) is 23.6 Å². The molecule has 1 saturated heterocycles. The summed E-state index contributed by atoms with van der Waals surface area (Å²) >= 11 is 5.96. The molecule has 1 aromatic carbocycles. The molecule has 134 valence electrons. The second-order valence-corrected chi connectivity index (χ2v) is 6.75. The van der Waals surface area contributed by atoms with Crippen molar-refractivity contribution in [2.45, 2.75) is 18.9 Å². The first-order valence-corrected chi connectivity index (χ1v) is 8.81. The van der Waals surface area contributed by atoms with Crippen LogP contribution in [0.25, 0.3) is 11.0 Å². The molecular formula is C19H17ClN2O4. The van der Waals surface area contributed by atoms with E-state index in [0.717, 1.165) is 5.39 Å². The maximum Gasteiger partial charge on any atom is 0.289 e. The van der Waals surface area contributed by atoms with E-state index in [1.807, 2.05) is 0 Å². The van der Waals surface area contributed by atoms with Crippen LogP contribution in [-0.2, 0) is 0 Å². The van der Waals surface area contributed by atoms with Gasteiger partial charge in [-0.2, -0.15) is 0 Å². The fourth-order valence-corrected chi connectivity index (χ4v) is 3.35. The Bertz CT molecular complexity index is 940. The molecule has 3 aromatic rings. The molecular weight excluding hydrogens is 356 g/mol. The molecule has 0 spiro atoms. The number of likely N-dealkylation sites (tertiary alicyclic amines) is 1. The summed E-state index contributed by atoms with van der Waals surface area (Å²) in [5.41, 5.74) is 0.624. The average Bonchev–Trinajstić information content (AvgIpc) is 3.31.